The summed E-state index contributed by atoms with van der Waals surface area (Å²) < 4.78 is 6.36. The maximum absolute atomic E-state index is 13.7. The van der Waals surface area contributed by atoms with E-state index in [0.29, 0.717) is 5.92 Å². The van der Waals surface area contributed by atoms with E-state index < -0.39 is 5.41 Å². The lowest BCUT2D eigenvalue weighted by atomic mass is 9.68. The first-order valence-electron chi connectivity index (χ1n) is 12.8. The molecule has 3 fully saturated rings. The number of hydrogen-bond acceptors (Lipinski definition) is 3. The predicted octanol–water partition coefficient (Wildman–Crippen LogP) is 6.12. The lowest BCUT2D eigenvalue weighted by Gasteiger charge is -2.45. The Morgan fingerprint density at radius 2 is 1.53 bits per heavy atom. The van der Waals surface area contributed by atoms with Crippen LogP contribution in [0.1, 0.15) is 68.9 Å². The monoisotopic (exact) mass is 431 g/mol. The van der Waals surface area contributed by atoms with Crippen molar-refractivity contribution in [3.8, 4) is 0 Å². The number of rotatable bonds is 5. The van der Waals surface area contributed by atoms with E-state index in [9.17, 15) is 4.79 Å². The highest BCUT2D eigenvalue weighted by molar-refractivity contribution is 5.83. The van der Waals surface area contributed by atoms with E-state index in [2.05, 4.69) is 59.5 Å². The van der Waals surface area contributed by atoms with E-state index >= 15 is 0 Å². The number of likely N-dealkylation sites (tertiary alicyclic amines) is 1. The summed E-state index contributed by atoms with van der Waals surface area (Å²) in [5, 5.41) is 0. The van der Waals surface area contributed by atoms with Gasteiger partial charge in [-0.3, -0.25) is 9.69 Å². The van der Waals surface area contributed by atoms with Gasteiger partial charge in [0, 0.05) is 12.5 Å². The Hall–Kier alpha value is -2.13. The molecule has 2 aliphatic carbocycles. The molecule has 3 nitrogen and oxygen atoms in total. The van der Waals surface area contributed by atoms with Gasteiger partial charge in [-0.15, -0.1) is 0 Å². The first-order chi connectivity index (χ1) is 15.7. The van der Waals surface area contributed by atoms with E-state index in [-0.39, 0.29) is 12.1 Å². The van der Waals surface area contributed by atoms with Crippen LogP contribution in [0.3, 0.4) is 0 Å². The van der Waals surface area contributed by atoms with E-state index in [1.165, 1.54) is 24.8 Å². The third-order valence-electron chi connectivity index (χ3n) is 8.39. The highest BCUT2D eigenvalue weighted by atomic mass is 16.5. The van der Waals surface area contributed by atoms with E-state index in [0.717, 1.165) is 69.6 Å². The van der Waals surface area contributed by atoms with E-state index in [4.69, 9.17) is 4.74 Å². The molecule has 3 heteroatoms. The zero-order valence-electron chi connectivity index (χ0n) is 19.3. The Morgan fingerprint density at radius 1 is 0.875 bits per heavy atom. The Kier molecular flexibility index (Phi) is 6.64. The highest BCUT2D eigenvalue weighted by Gasteiger charge is 2.48. The van der Waals surface area contributed by atoms with Crippen molar-refractivity contribution in [3.05, 3.63) is 71.8 Å². The summed E-state index contributed by atoms with van der Waals surface area (Å²) >= 11 is 0. The van der Waals surface area contributed by atoms with Crippen LogP contribution in [0, 0.1) is 11.8 Å². The van der Waals surface area contributed by atoms with Crippen molar-refractivity contribution in [2.24, 2.45) is 11.8 Å². The van der Waals surface area contributed by atoms with Gasteiger partial charge in [0.05, 0.1) is 5.41 Å². The topological polar surface area (TPSA) is 29.5 Å². The molecule has 170 valence electrons. The predicted molar refractivity (Wildman–Crippen MR) is 128 cm³/mol. The number of benzene rings is 2. The maximum atomic E-state index is 13.7. The molecule has 2 aromatic carbocycles. The smallest absolute Gasteiger partial charge is 0.316 e. The molecule has 1 aliphatic heterocycles. The number of nitrogens with zero attached hydrogens (tertiary/aromatic N) is 1. The van der Waals surface area contributed by atoms with Gasteiger partial charge in [0.15, 0.2) is 0 Å². The molecular formula is C29H37NO2. The van der Waals surface area contributed by atoms with Crippen LogP contribution in [-0.2, 0) is 21.5 Å². The third kappa shape index (κ3) is 4.50. The summed E-state index contributed by atoms with van der Waals surface area (Å²) in [6.45, 7) is 3.29. The van der Waals surface area contributed by atoms with Gasteiger partial charge in [-0.25, -0.2) is 0 Å². The lowest BCUT2D eigenvalue weighted by molar-refractivity contribution is -0.171. The number of esters is 1. The molecule has 1 saturated heterocycles. The second-order valence-electron chi connectivity index (χ2n) is 10.3. The molecule has 2 unspecified atom stereocenters. The minimum Gasteiger partial charge on any atom is -0.461 e. The van der Waals surface area contributed by atoms with E-state index in [1.807, 2.05) is 6.07 Å². The van der Waals surface area contributed by atoms with Crippen LogP contribution < -0.4 is 0 Å². The van der Waals surface area contributed by atoms with Crippen molar-refractivity contribution in [2.75, 3.05) is 13.1 Å². The fraction of sp³-hybridized carbons (Fsp3) is 0.552. The fourth-order valence-corrected chi connectivity index (χ4v) is 6.39. The van der Waals surface area contributed by atoms with Gasteiger partial charge in [0.25, 0.3) is 0 Å². The Labute approximate surface area is 193 Å². The summed E-state index contributed by atoms with van der Waals surface area (Å²) in [6.07, 6.45) is 10.1. The first kappa shape index (κ1) is 21.7. The molecule has 5 rings (SSSR count). The molecule has 0 spiro atoms. The molecule has 2 saturated carbocycles. The Morgan fingerprint density at radius 3 is 2.25 bits per heavy atom. The quantitative estimate of drug-likeness (QED) is 0.422. The normalized spacial score (nSPS) is 27.9. The van der Waals surface area contributed by atoms with Crippen LogP contribution >= 0.6 is 0 Å². The number of carbonyl (C=O) groups excluding carboxylic acids is 1. The minimum absolute atomic E-state index is 0.0550. The standard InChI is InChI=1S/C29H37NO2/c31-28(29(17-9-1-2-10-18-29)25-13-7-4-8-14-25)32-27-21-24-15-19-30(20-16-26(24)27)22-23-11-5-3-6-12-23/h3-8,11-14,24,26-27H,1-2,9-10,15-22H2/t24?,26?,27-/m0/s1. The van der Waals surface area contributed by atoms with Crippen LogP contribution in [0.25, 0.3) is 0 Å². The number of fused-ring (bicyclic) bond motifs is 1. The first-order valence-corrected chi connectivity index (χ1v) is 12.8. The van der Waals surface area contributed by atoms with Crippen LogP contribution in [-0.4, -0.2) is 30.1 Å². The lowest BCUT2D eigenvalue weighted by Crippen LogP contribution is -2.48. The second-order valence-corrected chi connectivity index (χ2v) is 10.3. The van der Waals surface area contributed by atoms with Crippen LogP contribution in [0.15, 0.2) is 60.7 Å². The van der Waals surface area contributed by atoms with Gasteiger partial charge < -0.3 is 4.74 Å². The van der Waals surface area contributed by atoms with Gasteiger partial charge in [-0.1, -0.05) is 86.3 Å². The Bertz CT molecular complexity index is 873. The second kappa shape index (κ2) is 9.79. The molecule has 1 heterocycles. The molecule has 3 aliphatic rings. The minimum atomic E-state index is -0.438. The van der Waals surface area contributed by atoms with E-state index in [1.54, 1.807) is 0 Å². The fourth-order valence-electron chi connectivity index (χ4n) is 6.39. The van der Waals surface area contributed by atoms with Gasteiger partial charge >= 0.3 is 5.97 Å². The Balaban J connectivity index is 1.24. The SMILES string of the molecule is O=C(O[C@H]1CC2CCN(Cc3ccccc3)CCC21)C1(c2ccccc2)CCCCCC1. The van der Waals surface area contributed by atoms with Crippen molar-refractivity contribution in [2.45, 2.75) is 75.9 Å². The molecule has 0 aromatic heterocycles. The van der Waals surface area contributed by atoms with Crippen LogP contribution in [0.2, 0.25) is 0 Å². The zero-order chi connectivity index (χ0) is 21.8. The van der Waals surface area contributed by atoms with Gasteiger partial charge in [-0.05, 0) is 62.2 Å². The molecule has 3 atom stereocenters. The van der Waals surface area contributed by atoms with Crippen molar-refractivity contribution < 1.29 is 9.53 Å². The van der Waals surface area contributed by atoms with Crippen LogP contribution in [0.5, 0.6) is 0 Å². The van der Waals surface area contributed by atoms with Gasteiger partial charge in [0.2, 0.25) is 0 Å². The third-order valence-corrected chi connectivity index (χ3v) is 8.39. The number of hydrogen-bond donors (Lipinski definition) is 0. The van der Waals surface area contributed by atoms with Crippen molar-refractivity contribution in [3.63, 3.8) is 0 Å². The summed E-state index contributed by atoms with van der Waals surface area (Å²) in [4.78, 5) is 16.3. The average molecular weight is 432 g/mol. The van der Waals surface area contributed by atoms with Crippen molar-refractivity contribution in [1.82, 2.24) is 4.90 Å². The molecule has 32 heavy (non-hydrogen) atoms. The largest absolute Gasteiger partial charge is 0.461 e. The maximum Gasteiger partial charge on any atom is 0.316 e. The highest BCUT2D eigenvalue weighted by Crippen LogP contribution is 2.46. The molecule has 2 aromatic rings. The van der Waals surface area contributed by atoms with Gasteiger partial charge in [0.1, 0.15) is 6.10 Å². The number of ether oxygens (including phenoxy) is 1. The van der Waals surface area contributed by atoms with Crippen molar-refractivity contribution >= 4 is 5.97 Å². The van der Waals surface area contributed by atoms with Crippen LogP contribution in [0.4, 0.5) is 0 Å². The average Bonchev–Trinajstić information content (AvgIpc) is 3.16. The zero-order valence-corrected chi connectivity index (χ0v) is 19.3. The van der Waals surface area contributed by atoms with Crippen molar-refractivity contribution in [1.29, 1.82) is 0 Å². The molecule has 0 bridgehead atoms. The summed E-state index contributed by atoms with van der Waals surface area (Å²) in [7, 11) is 0. The van der Waals surface area contributed by atoms with Gasteiger partial charge in [-0.2, -0.15) is 0 Å². The molecule has 0 N–H and O–H groups in total. The summed E-state index contributed by atoms with van der Waals surface area (Å²) in [5.74, 6) is 1.31. The summed E-state index contributed by atoms with van der Waals surface area (Å²) in [6, 6.07) is 21.3. The summed E-state index contributed by atoms with van der Waals surface area (Å²) in [5.41, 5.74) is 2.12. The molecule has 0 radical (unpaired) electrons. The number of carbonyl (C=O) groups is 1. The molecule has 0 amide bonds. The molecular weight excluding hydrogens is 394 g/mol.